The van der Waals surface area contributed by atoms with Gasteiger partial charge in [-0.3, -0.25) is 0 Å². The van der Waals surface area contributed by atoms with E-state index in [0.29, 0.717) is 35.7 Å². The van der Waals surface area contributed by atoms with Crippen molar-refractivity contribution in [1.82, 2.24) is 0 Å². The normalized spacial score (nSPS) is 19.3. The molecule has 1 heterocycles. The maximum absolute atomic E-state index is 14.0. The minimum absolute atomic E-state index is 0.00819. The Morgan fingerprint density at radius 1 is 0.902 bits per heavy atom. The predicted molar refractivity (Wildman–Crippen MR) is 165 cm³/mol. The SMILES string of the molecule is CCCCC1(CCCC)CS(=O)(=O)c2ccc(N(C)C)cc2[C@@H](c2ccc(OCc3ccc(CO)cc3)cc2)[C@H]1O. The van der Waals surface area contributed by atoms with Crippen molar-refractivity contribution < 1.29 is 23.4 Å². The monoisotopic (exact) mass is 579 g/mol. The van der Waals surface area contributed by atoms with Crippen LogP contribution in [0.1, 0.15) is 80.5 Å². The van der Waals surface area contributed by atoms with Crippen LogP contribution in [-0.2, 0) is 23.1 Å². The first-order valence-electron chi connectivity index (χ1n) is 14.8. The summed E-state index contributed by atoms with van der Waals surface area (Å²) in [6.07, 6.45) is 4.11. The Labute approximate surface area is 245 Å². The van der Waals surface area contributed by atoms with Crippen molar-refractivity contribution in [2.24, 2.45) is 5.41 Å². The van der Waals surface area contributed by atoms with E-state index in [1.165, 1.54) is 0 Å². The summed E-state index contributed by atoms with van der Waals surface area (Å²) < 4.78 is 34.0. The number of sulfone groups is 1. The summed E-state index contributed by atoms with van der Waals surface area (Å²) in [6.45, 7) is 4.62. The van der Waals surface area contributed by atoms with Crippen LogP contribution in [0.2, 0.25) is 0 Å². The van der Waals surface area contributed by atoms with Gasteiger partial charge in [0.2, 0.25) is 0 Å². The van der Waals surface area contributed by atoms with Crippen LogP contribution in [0.4, 0.5) is 5.69 Å². The fourth-order valence-corrected chi connectivity index (χ4v) is 8.26. The van der Waals surface area contributed by atoms with Crippen LogP contribution in [-0.4, -0.2) is 44.6 Å². The first kappa shape index (κ1) is 31.1. The molecule has 0 amide bonds. The van der Waals surface area contributed by atoms with Gasteiger partial charge in [0.05, 0.1) is 23.4 Å². The number of aliphatic hydroxyl groups is 2. The molecule has 1 aliphatic rings. The molecule has 222 valence electrons. The Morgan fingerprint density at radius 3 is 2.07 bits per heavy atom. The highest BCUT2D eigenvalue weighted by atomic mass is 32.2. The average molecular weight is 580 g/mol. The largest absolute Gasteiger partial charge is 0.489 e. The van der Waals surface area contributed by atoms with Crippen LogP contribution in [0.3, 0.4) is 0 Å². The van der Waals surface area contributed by atoms with E-state index in [1.807, 2.05) is 79.7 Å². The quantitative estimate of drug-likeness (QED) is 0.256. The van der Waals surface area contributed by atoms with Gasteiger partial charge in [0.25, 0.3) is 0 Å². The molecule has 41 heavy (non-hydrogen) atoms. The average Bonchev–Trinajstić information content (AvgIpc) is 3.04. The molecule has 0 radical (unpaired) electrons. The van der Waals surface area contributed by atoms with E-state index < -0.39 is 27.3 Å². The number of aliphatic hydroxyl groups excluding tert-OH is 2. The standard InChI is InChI=1S/C34H45NO5S/c1-5-7-19-34(20-8-6-2)24-41(38,39)31-18-15-28(35(3)4)21-30(31)32(33(34)37)27-13-16-29(17-14-27)40-23-26-11-9-25(22-36)10-12-26/h9-18,21,32-33,36-37H,5-8,19-20,22-24H2,1-4H3/t32-,33-/m1/s1. The number of nitrogens with zero attached hydrogens (tertiary/aromatic N) is 1. The first-order valence-corrected chi connectivity index (χ1v) is 16.4. The molecule has 0 spiro atoms. The zero-order valence-corrected chi connectivity index (χ0v) is 25.7. The summed E-state index contributed by atoms with van der Waals surface area (Å²) in [5.74, 6) is 0.166. The fourth-order valence-electron chi connectivity index (χ4n) is 6.07. The highest BCUT2D eigenvalue weighted by Crippen LogP contribution is 2.50. The van der Waals surface area contributed by atoms with Crippen LogP contribution in [0.15, 0.2) is 71.6 Å². The van der Waals surface area contributed by atoms with Crippen molar-refractivity contribution in [1.29, 1.82) is 0 Å². The van der Waals surface area contributed by atoms with Gasteiger partial charge in [-0.25, -0.2) is 8.42 Å². The third-order valence-electron chi connectivity index (χ3n) is 8.51. The van der Waals surface area contributed by atoms with Gasteiger partial charge in [-0.15, -0.1) is 0 Å². The molecule has 0 aromatic heterocycles. The molecule has 4 rings (SSSR count). The van der Waals surface area contributed by atoms with Crippen molar-refractivity contribution in [2.45, 2.75) is 82.5 Å². The molecule has 1 aliphatic heterocycles. The van der Waals surface area contributed by atoms with Crippen molar-refractivity contribution in [3.63, 3.8) is 0 Å². The molecule has 2 atom stereocenters. The van der Waals surface area contributed by atoms with Crippen molar-refractivity contribution >= 4 is 15.5 Å². The van der Waals surface area contributed by atoms with Gasteiger partial charge in [0.1, 0.15) is 12.4 Å². The third kappa shape index (κ3) is 6.96. The Bertz CT molecular complexity index is 1380. The van der Waals surface area contributed by atoms with Crippen LogP contribution in [0.5, 0.6) is 5.75 Å². The molecule has 7 heteroatoms. The highest BCUT2D eigenvalue weighted by Gasteiger charge is 2.49. The number of hydrogen-bond donors (Lipinski definition) is 2. The van der Waals surface area contributed by atoms with Crippen LogP contribution in [0, 0.1) is 5.41 Å². The molecule has 3 aromatic rings. The second-order valence-corrected chi connectivity index (χ2v) is 13.7. The Morgan fingerprint density at radius 2 is 1.51 bits per heavy atom. The van der Waals surface area contributed by atoms with E-state index in [9.17, 15) is 18.6 Å². The molecule has 0 unspecified atom stereocenters. The molecular weight excluding hydrogens is 534 g/mol. The first-order chi connectivity index (χ1) is 19.6. The number of anilines is 1. The van der Waals surface area contributed by atoms with Crippen LogP contribution < -0.4 is 9.64 Å². The summed E-state index contributed by atoms with van der Waals surface area (Å²) in [7, 11) is 0.244. The second kappa shape index (κ2) is 13.4. The van der Waals surface area contributed by atoms with Gasteiger partial charge in [-0.1, -0.05) is 75.9 Å². The molecule has 2 N–H and O–H groups in total. The van der Waals surface area contributed by atoms with Gasteiger partial charge >= 0.3 is 0 Å². The number of fused-ring (bicyclic) bond motifs is 1. The Kier molecular flexibility index (Phi) is 10.2. The maximum Gasteiger partial charge on any atom is 0.179 e. The van der Waals surface area contributed by atoms with Gasteiger partial charge in [-0.2, -0.15) is 0 Å². The lowest BCUT2D eigenvalue weighted by atomic mass is 9.68. The molecule has 3 aromatic carbocycles. The molecule has 0 saturated heterocycles. The van der Waals surface area contributed by atoms with Crippen molar-refractivity contribution in [3.8, 4) is 5.75 Å². The minimum Gasteiger partial charge on any atom is -0.489 e. The highest BCUT2D eigenvalue weighted by molar-refractivity contribution is 7.91. The Hall–Kier alpha value is -2.87. The lowest BCUT2D eigenvalue weighted by Crippen LogP contribution is -2.43. The van der Waals surface area contributed by atoms with E-state index in [-0.39, 0.29) is 12.4 Å². The third-order valence-corrected chi connectivity index (χ3v) is 10.5. The van der Waals surface area contributed by atoms with Crippen LogP contribution in [0.25, 0.3) is 0 Å². The minimum atomic E-state index is -3.63. The zero-order valence-electron chi connectivity index (χ0n) is 24.8. The predicted octanol–water partition coefficient (Wildman–Crippen LogP) is 6.47. The molecule has 0 saturated carbocycles. The topological polar surface area (TPSA) is 87.1 Å². The lowest BCUT2D eigenvalue weighted by molar-refractivity contribution is 0.0127. The van der Waals surface area contributed by atoms with Crippen LogP contribution >= 0.6 is 0 Å². The van der Waals surface area contributed by atoms with Gasteiger partial charge < -0.3 is 19.8 Å². The summed E-state index contributed by atoms with van der Waals surface area (Å²) in [6, 6.07) is 20.9. The molecular formula is C34H45NO5S. The molecule has 6 nitrogen and oxygen atoms in total. The number of unbranched alkanes of at least 4 members (excludes halogenated alkanes) is 2. The number of benzene rings is 3. The summed E-state index contributed by atoms with van der Waals surface area (Å²) >= 11 is 0. The van der Waals surface area contributed by atoms with Crippen molar-refractivity contribution in [2.75, 3.05) is 24.7 Å². The summed E-state index contributed by atoms with van der Waals surface area (Å²) in [5.41, 5.74) is 3.56. The number of ether oxygens (including phenoxy) is 1. The molecule has 0 aliphatic carbocycles. The number of hydrogen-bond acceptors (Lipinski definition) is 6. The van der Waals surface area contributed by atoms with Crippen molar-refractivity contribution in [3.05, 3.63) is 89.0 Å². The van der Waals surface area contributed by atoms with E-state index in [4.69, 9.17) is 4.74 Å². The molecule has 0 fully saturated rings. The smallest absolute Gasteiger partial charge is 0.179 e. The zero-order chi connectivity index (χ0) is 29.6. The maximum atomic E-state index is 14.0. The number of rotatable bonds is 12. The van der Waals surface area contributed by atoms with E-state index in [1.54, 1.807) is 6.07 Å². The molecule has 0 bridgehead atoms. The second-order valence-electron chi connectivity index (χ2n) is 11.7. The van der Waals surface area contributed by atoms with E-state index in [0.717, 1.165) is 48.1 Å². The van der Waals surface area contributed by atoms with Gasteiger partial charge in [-0.05, 0) is 65.4 Å². The van der Waals surface area contributed by atoms with E-state index >= 15 is 0 Å². The Balaban J connectivity index is 1.75. The van der Waals surface area contributed by atoms with Gasteiger partial charge in [0.15, 0.2) is 9.84 Å². The lowest BCUT2D eigenvalue weighted by Gasteiger charge is -2.40. The fraction of sp³-hybridized carbons (Fsp3) is 0.471. The summed E-state index contributed by atoms with van der Waals surface area (Å²) in [5, 5.41) is 21.6. The van der Waals surface area contributed by atoms with Gasteiger partial charge in [0, 0.05) is 31.1 Å². The summed E-state index contributed by atoms with van der Waals surface area (Å²) in [4.78, 5) is 2.29. The van der Waals surface area contributed by atoms with E-state index in [2.05, 4.69) is 13.8 Å².